The summed E-state index contributed by atoms with van der Waals surface area (Å²) in [4.78, 5) is 4.08. The molecule has 0 spiro atoms. The Bertz CT molecular complexity index is 685. The number of aryl methyl sites for hydroxylation is 1. The molecule has 0 aliphatic rings. The van der Waals surface area contributed by atoms with E-state index in [-0.39, 0.29) is 0 Å². The highest BCUT2D eigenvalue weighted by Crippen LogP contribution is 2.25. The minimum atomic E-state index is 0.843. The predicted octanol–water partition coefficient (Wildman–Crippen LogP) is 3.82. The Morgan fingerprint density at radius 3 is 2.67 bits per heavy atom. The fourth-order valence-corrected chi connectivity index (χ4v) is 2.04. The number of pyridine rings is 1. The van der Waals surface area contributed by atoms with Gasteiger partial charge in [-0.05, 0) is 19.1 Å². The first-order valence-electron chi connectivity index (χ1n) is 7.20. The Hall–Kier alpha value is -2.43. The molecule has 0 aromatic carbocycles. The second-order valence-corrected chi connectivity index (χ2v) is 4.32. The van der Waals surface area contributed by atoms with E-state index in [0.717, 1.165) is 34.7 Å². The normalized spacial score (nSPS) is 10.1. The number of hydrogen-bond donors (Lipinski definition) is 0. The fourth-order valence-electron chi connectivity index (χ4n) is 2.04. The quantitative estimate of drug-likeness (QED) is 0.733. The molecule has 3 aromatic rings. The summed E-state index contributed by atoms with van der Waals surface area (Å²) in [6.07, 6.45) is 8.07. The predicted molar refractivity (Wildman–Crippen MR) is 82.3 cm³/mol. The van der Waals surface area contributed by atoms with Gasteiger partial charge in [-0.15, -0.1) is 0 Å². The Labute approximate surface area is 124 Å². The third-order valence-corrected chi connectivity index (χ3v) is 3.11. The Balaban J connectivity index is 0.000000774. The molecule has 5 heteroatoms. The van der Waals surface area contributed by atoms with Crippen molar-refractivity contribution in [1.82, 2.24) is 19.9 Å². The van der Waals surface area contributed by atoms with Gasteiger partial charge < -0.3 is 4.52 Å². The van der Waals surface area contributed by atoms with Crippen LogP contribution in [0.4, 0.5) is 0 Å². The molecule has 21 heavy (non-hydrogen) atoms. The standard InChI is InChI=1S/C14H14N4O.C2H6/c1-3-13-10(2)14(17-19-13)11-7-16-18(9-11)12-5-4-6-15-8-12;1-2/h4-9H,3H2,1-2H3;1-2H3. The molecule has 3 aromatic heterocycles. The van der Waals surface area contributed by atoms with Gasteiger partial charge in [0.15, 0.2) is 0 Å². The summed E-state index contributed by atoms with van der Waals surface area (Å²) in [6.45, 7) is 8.07. The van der Waals surface area contributed by atoms with Crippen molar-refractivity contribution >= 4 is 0 Å². The van der Waals surface area contributed by atoms with E-state index in [2.05, 4.69) is 22.2 Å². The van der Waals surface area contributed by atoms with Crippen LogP contribution in [-0.4, -0.2) is 19.9 Å². The van der Waals surface area contributed by atoms with Crippen molar-refractivity contribution < 1.29 is 4.52 Å². The van der Waals surface area contributed by atoms with Crippen LogP contribution in [0.5, 0.6) is 0 Å². The largest absolute Gasteiger partial charge is 0.361 e. The molecule has 3 heterocycles. The van der Waals surface area contributed by atoms with Crippen LogP contribution < -0.4 is 0 Å². The zero-order valence-electron chi connectivity index (χ0n) is 12.9. The molecule has 0 aliphatic carbocycles. The zero-order chi connectivity index (χ0) is 15.2. The van der Waals surface area contributed by atoms with Crippen LogP contribution in [0.2, 0.25) is 0 Å². The van der Waals surface area contributed by atoms with Crippen molar-refractivity contribution in [2.75, 3.05) is 0 Å². The van der Waals surface area contributed by atoms with Crippen LogP contribution >= 0.6 is 0 Å². The third kappa shape index (κ3) is 3.02. The minimum Gasteiger partial charge on any atom is -0.361 e. The SMILES string of the molecule is CC.CCc1onc(-c2cnn(-c3cccnc3)c2)c1C. The maximum atomic E-state index is 5.31. The van der Waals surface area contributed by atoms with Crippen LogP contribution in [0.15, 0.2) is 41.4 Å². The molecule has 110 valence electrons. The van der Waals surface area contributed by atoms with Crippen LogP contribution in [0.3, 0.4) is 0 Å². The number of rotatable bonds is 3. The highest BCUT2D eigenvalue weighted by atomic mass is 16.5. The van der Waals surface area contributed by atoms with E-state index in [4.69, 9.17) is 4.52 Å². The van der Waals surface area contributed by atoms with Crippen molar-refractivity contribution in [2.45, 2.75) is 34.1 Å². The van der Waals surface area contributed by atoms with Crippen molar-refractivity contribution in [3.05, 3.63) is 48.2 Å². The first-order chi connectivity index (χ1) is 10.3. The smallest absolute Gasteiger partial charge is 0.140 e. The molecule has 3 rings (SSSR count). The second-order valence-electron chi connectivity index (χ2n) is 4.32. The van der Waals surface area contributed by atoms with Crippen molar-refractivity contribution in [3.8, 4) is 16.9 Å². The summed E-state index contributed by atoms with van der Waals surface area (Å²) >= 11 is 0. The molecule has 0 aliphatic heterocycles. The summed E-state index contributed by atoms with van der Waals surface area (Å²) < 4.78 is 7.09. The van der Waals surface area contributed by atoms with Gasteiger partial charge in [0.2, 0.25) is 0 Å². The first-order valence-corrected chi connectivity index (χ1v) is 7.20. The van der Waals surface area contributed by atoms with E-state index in [1.54, 1.807) is 23.3 Å². The monoisotopic (exact) mass is 284 g/mol. The lowest BCUT2D eigenvalue weighted by atomic mass is 10.1. The lowest BCUT2D eigenvalue weighted by Gasteiger charge is -1.98. The third-order valence-electron chi connectivity index (χ3n) is 3.11. The van der Waals surface area contributed by atoms with Gasteiger partial charge in [0.1, 0.15) is 11.5 Å². The molecule has 5 nitrogen and oxygen atoms in total. The zero-order valence-corrected chi connectivity index (χ0v) is 12.9. The minimum absolute atomic E-state index is 0.843. The topological polar surface area (TPSA) is 56.7 Å². The number of hydrogen-bond acceptors (Lipinski definition) is 4. The summed E-state index contributed by atoms with van der Waals surface area (Å²) in [7, 11) is 0. The first kappa shape index (κ1) is 15.0. The highest BCUT2D eigenvalue weighted by Gasteiger charge is 2.14. The molecule has 0 fully saturated rings. The molecular formula is C16H20N4O. The van der Waals surface area contributed by atoms with Gasteiger partial charge in [-0.3, -0.25) is 4.98 Å². The highest BCUT2D eigenvalue weighted by molar-refractivity contribution is 5.61. The van der Waals surface area contributed by atoms with Crippen LogP contribution in [-0.2, 0) is 6.42 Å². The molecule has 0 unspecified atom stereocenters. The molecule has 0 amide bonds. The Morgan fingerprint density at radius 2 is 2.05 bits per heavy atom. The van der Waals surface area contributed by atoms with Gasteiger partial charge in [0.25, 0.3) is 0 Å². The number of aromatic nitrogens is 4. The van der Waals surface area contributed by atoms with Crippen LogP contribution in [0.25, 0.3) is 16.9 Å². The van der Waals surface area contributed by atoms with Crippen molar-refractivity contribution in [1.29, 1.82) is 0 Å². The lowest BCUT2D eigenvalue weighted by molar-refractivity contribution is 0.388. The van der Waals surface area contributed by atoms with Gasteiger partial charge in [-0.2, -0.15) is 5.10 Å². The van der Waals surface area contributed by atoms with Gasteiger partial charge in [0, 0.05) is 29.9 Å². The molecule has 0 radical (unpaired) electrons. The van der Waals surface area contributed by atoms with Crippen molar-refractivity contribution in [3.63, 3.8) is 0 Å². The molecule has 0 atom stereocenters. The molecule has 0 N–H and O–H groups in total. The fraction of sp³-hybridized carbons (Fsp3) is 0.312. The Morgan fingerprint density at radius 1 is 1.24 bits per heavy atom. The Kier molecular flexibility index (Phi) is 4.87. The average molecular weight is 284 g/mol. The van der Waals surface area contributed by atoms with Crippen LogP contribution in [0.1, 0.15) is 32.1 Å². The van der Waals surface area contributed by atoms with E-state index in [1.807, 2.05) is 39.1 Å². The second kappa shape index (κ2) is 6.83. The summed E-state index contributed by atoms with van der Waals surface area (Å²) in [5.41, 5.74) is 3.80. The van der Waals surface area contributed by atoms with Gasteiger partial charge in [-0.25, -0.2) is 4.68 Å². The number of nitrogens with zero attached hydrogens (tertiary/aromatic N) is 4. The van der Waals surface area contributed by atoms with E-state index >= 15 is 0 Å². The maximum absolute atomic E-state index is 5.31. The van der Waals surface area contributed by atoms with Crippen LogP contribution in [0, 0.1) is 6.92 Å². The van der Waals surface area contributed by atoms with Gasteiger partial charge in [-0.1, -0.05) is 25.9 Å². The van der Waals surface area contributed by atoms with E-state index in [9.17, 15) is 0 Å². The summed E-state index contributed by atoms with van der Waals surface area (Å²) in [5, 5.41) is 8.45. The lowest BCUT2D eigenvalue weighted by Crippen LogP contribution is -1.93. The van der Waals surface area contributed by atoms with Crippen molar-refractivity contribution in [2.24, 2.45) is 0 Å². The van der Waals surface area contributed by atoms with E-state index in [1.165, 1.54) is 0 Å². The summed E-state index contributed by atoms with van der Waals surface area (Å²) in [5.74, 6) is 0.920. The summed E-state index contributed by atoms with van der Waals surface area (Å²) in [6, 6.07) is 3.84. The molecular weight excluding hydrogens is 264 g/mol. The molecule has 0 bridgehead atoms. The van der Waals surface area contributed by atoms with E-state index in [0.29, 0.717) is 0 Å². The van der Waals surface area contributed by atoms with E-state index < -0.39 is 0 Å². The van der Waals surface area contributed by atoms with Gasteiger partial charge >= 0.3 is 0 Å². The average Bonchev–Trinajstić information content (AvgIpc) is 3.16. The maximum Gasteiger partial charge on any atom is 0.140 e. The van der Waals surface area contributed by atoms with Gasteiger partial charge in [0.05, 0.1) is 18.1 Å². The molecule has 0 saturated heterocycles. The molecule has 0 saturated carbocycles.